The van der Waals surface area contributed by atoms with Crippen LogP contribution in [-0.4, -0.2) is 34.3 Å². The standard InChI is InChI=1S/C17H24N4O2/c1-12-6-5-9-18-14(12)22-13-7-10-21(11-8-13)16-19-15(23-20-16)17(2,3)4/h5-6,9,13H,7-8,10-11H2,1-4H3. The van der Waals surface area contributed by atoms with Crippen molar-refractivity contribution < 1.29 is 9.26 Å². The molecule has 0 aromatic carbocycles. The van der Waals surface area contributed by atoms with Gasteiger partial charge in [-0.05, 0) is 18.1 Å². The highest BCUT2D eigenvalue weighted by Crippen LogP contribution is 2.25. The number of aryl methyl sites for hydroxylation is 1. The molecule has 0 unspecified atom stereocenters. The summed E-state index contributed by atoms with van der Waals surface area (Å²) in [6.07, 6.45) is 3.81. The Balaban J connectivity index is 1.58. The van der Waals surface area contributed by atoms with Crippen LogP contribution in [0, 0.1) is 6.92 Å². The smallest absolute Gasteiger partial charge is 0.266 e. The highest BCUT2D eigenvalue weighted by molar-refractivity contribution is 5.30. The highest BCUT2D eigenvalue weighted by atomic mass is 16.5. The zero-order chi connectivity index (χ0) is 16.4. The van der Waals surface area contributed by atoms with Gasteiger partial charge in [-0.1, -0.05) is 26.8 Å². The Morgan fingerprint density at radius 2 is 2.00 bits per heavy atom. The van der Waals surface area contributed by atoms with Crippen molar-refractivity contribution in [2.24, 2.45) is 0 Å². The average molecular weight is 316 g/mol. The summed E-state index contributed by atoms with van der Waals surface area (Å²) >= 11 is 0. The summed E-state index contributed by atoms with van der Waals surface area (Å²) in [6.45, 7) is 9.95. The minimum absolute atomic E-state index is 0.122. The van der Waals surface area contributed by atoms with Gasteiger partial charge in [0.25, 0.3) is 5.95 Å². The maximum absolute atomic E-state index is 6.03. The second-order valence-electron chi connectivity index (χ2n) is 7.08. The summed E-state index contributed by atoms with van der Waals surface area (Å²) in [6, 6.07) is 3.94. The summed E-state index contributed by atoms with van der Waals surface area (Å²) in [4.78, 5) is 11.0. The lowest BCUT2D eigenvalue weighted by atomic mass is 9.97. The first kappa shape index (κ1) is 15.8. The van der Waals surface area contributed by atoms with Crippen molar-refractivity contribution in [3.8, 4) is 5.88 Å². The predicted octanol–water partition coefficient (Wildman–Crippen LogP) is 3.12. The first-order valence-electron chi connectivity index (χ1n) is 8.11. The highest BCUT2D eigenvalue weighted by Gasteiger charge is 2.27. The Kier molecular flexibility index (Phi) is 4.24. The third-order valence-electron chi connectivity index (χ3n) is 4.02. The van der Waals surface area contributed by atoms with E-state index in [1.54, 1.807) is 6.20 Å². The zero-order valence-electron chi connectivity index (χ0n) is 14.2. The molecule has 6 nitrogen and oxygen atoms in total. The van der Waals surface area contributed by atoms with E-state index in [1.165, 1.54) is 0 Å². The molecular formula is C17H24N4O2. The van der Waals surface area contributed by atoms with Gasteiger partial charge in [0.1, 0.15) is 6.10 Å². The van der Waals surface area contributed by atoms with Crippen molar-refractivity contribution in [2.45, 2.75) is 52.1 Å². The largest absolute Gasteiger partial charge is 0.474 e. The molecule has 0 aliphatic carbocycles. The molecule has 2 aromatic rings. The Morgan fingerprint density at radius 1 is 1.26 bits per heavy atom. The summed E-state index contributed by atoms with van der Waals surface area (Å²) in [5, 5.41) is 4.12. The molecule has 2 aromatic heterocycles. The monoisotopic (exact) mass is 316 g/mol. The van der Waals surface area contributed by atoms with Gasteiger partial charge in [0, 0.05) is 43.1 Å². The normalized spacial score (nSPS) is 16.6. The fraction of sp³-hybridized carbons (Fsp3) is 0.588. The van der Waals surface area contributed by atoms with E-state index >= 15 is 0 Å². The lowest BCUT2D eigenvalue weighted by Gasteiger charge is -2.31. The second-order valence-corrected chi connectivity index (χ2v) is 7.08. The van der Waals surface area contributed by atoms with Gasteiger partial charge in [-0.15, -0.1) is 0 Å². The molecule has 0 radical (unpaired) electrons. The number of hydrogen-bond donors (Lipinski definition) is 0. The van der Waals surface area contributed by atoms with Crippen LogP contribution in [0.3, 0.4) is 0 Å². The van der Waals surface area contributed by atoms with Crippen LogP contribution in [-0.2, 0) is 5.41 Å². The van der Waals surface area contributed by atoms with Gasteiger partial charge >= 0.3 is 0 Å². The van der Waals surface area contributed by atoms with E-state index in [9.17, 15) is 0 Å². The molecule has 0 bridgehead atoms. The minimum atomic E-state index is -0.122. The number of ether oxygens (including phenoxy) is 1. The van der Waals surface area contributed by atoms with Gasteiger partial charge < -0.3 is 14.2 Å². The Hall–Kier alpha value is -2.11. The van der Waals surface area contributed by atoms with Crippen LogP contribution >= 0.6 is 0 Å². The summed E-state index contributed by atoms with van der Waals surface area (Å²) < 4.78 is 11.4. The fourth-order valence-corrected chi connectivity index (χ4v) is 2.57. The molecule has 1 aliphatic heterocycles. The maximum atomic E-state index is 6.03. The van der Waals surface area contributed by atoms with E-state index in [-0.39, 0.29) is 11.5 Å². The molecular weight excluding hydrogens is 292 g/mol. The van der Waals surface area contributed by atoms with Crippen molar-refractivity contribution in [1.82, 2.24) is 15.1 Å². The number of anilines is 1. The number of hydrogen-bond acceptors (Lipinski definition) is 6. The summed E-state index contributed by atoms with van der Waals surface area (Å²) in [5.74, 6) is 2.10. The fourth-order valence-electron chi connectivity index (χ4n) is 2.57. The quantitative estimate of drug-likeness (QED) is 0.867. The summed E-state index contributed by atoms with van der Waals surface area (Å²) in [7, 11) is 0. The van der Waals surface area contributed by atoms with Crippen molar-refractivity contribution in [3.05, 3.63) is 29.8 Å². The third kappa shape index (κ3) is 3.63. The molecule has 6 heteroatoms. The molecule has 0 amide bonds. The van der Waals surface area contributed by atoms with Crippen molar-refractivity contribution in [1.29, 1.82) is 0 Å². The van der Waals surface area contributed by atoms with Crippen LogP contribution in [0.4, 0.5) is 5.95 Å². The summed E-state index contributed by atoms with van der Waals surface area (Å²) in [5.41, 5.74) is 0.950. The number of piperidine rings is 1. The molecule has 0 spiro atoms. The van der Waals surface area contributed by atoms with E-state index in [4.69, 9.17) is 9.26 Å². The topological polar surface area (TPSA) is 64.3 Å². The Labute approximate surface area is 136 Å². The molecule has 23 heavy (non-hydrogen) atoms. The lowest BCUT2D eigenvalue weighted by Crippen LogP contribution is -2.39. The molecule has 0 N–H and O–H groups in total. The van der Waals surface area contributed by atoms with E-state index < -0.39 is 0 Å². The average Bonchev–Trinajstić information content (AvgIpc) is 3.00. The Bertz CT molecular complexity index is 655. The zero-order valence-corrected chi connectivity index (χ0v) is 14.2. The van der Waals surface area contributed by atoms with Gasteiger partial charge in [-0.2, -0.15) is 4.98 Å². The van der Waals surface area contributed by atoms with E-state index in [0.29, 0.717) is 11.8 Å². The van der Waals surface area contributed by atoms with Gasteiger partial charge in [-0.25, -0.2) is 4.98 Å². The molecule has 0 atom stereocenters. The SMILES string of the molecule is Cc1cccnc1OC1CCN(c2noc(C(C)(C)C)n2)CC1. The van der Waals surface area contributed by atoms with Crippen LogP contribution in [0.15, 0.2) is 22.9 Å². The third-order valence-corrected chi connectivity index (χ3v) is 4.02. The molecule has 3 heterocycles. The second kappa shape index (κ2) is 6.18. The number of pyridine rings is 1. The van der Waals surface area contributed by atoms with Crippen LogP contribution in [0.2, 0.25) is 0 Å². The molecule has 3 rings (SSSR count). The molecule has 1 fully saturated rings. The number of nitrogens with zero attached hydrogens (tertiary/aromatic N) is 4. The lowest BCUT2D eigenvalue weighted by molar-refractivity contribution is 0.162. The first-order chi connectivity index (χ1) is 10.9. The van der Waals surface area contributed by atoms with Crippen LogP contribution in [0.5, 0.6) is 5.88 Å². The molecule has 1 saturated heterocycles. The van der Waals surface area contributed by atoms with Gasteiger partial charge in [0.2, 0.25) is 11.8 Å². The van der Waals surface area contributed by atoms with Gasteiger partial charge in [-0.3, -0.25) is 0 Å². The molecule has 124 valence electrons. The molecule has 0 saturated carbocycles. The predicted molar refractivity (Wildman–Crippen MR) is 87.8 cm³/mol. The maximum Gasteiger partial charge on any atom is 0.266 e. The van der Waals surface area contributed by atoms with Crippen LogP contribution in [0.25, 0.3) is 0 Å². The Morgan fingerprint density at radius 3 is 2.61 bits per heavy atom. The van der Waals surface area contributed by atoms with Crippen LogP contribution in [0.1, 0.15) is 45.1 Å². The first-order valence-corrected chi connectivity index (χ1v) is 8.11. The van der Waals surface area contributed by atoms with Crippen molar-refractivity contribution in [3.63, 3.8) is 0 Å². The van der Waals surface area contributed by atoms with E-state index in [2.05, 4.69) is 40.8 Å². The number of aromatic nitrogens is 3. The number of rotatable bonds is 3. The van der Waals surface area contributed by atoms with E-state index in [0.717, 1.165) is 37.4 Å². The van der Waals surface area contributed by atoms with Crippen molar-refractivity contribution >= 4 is 5.95 Å². The minimum Gasteiger partial charge on any atom is -0.474 e. The van der Waals surface area contributed by atoms with E-state index in [1.807, 2.05) is 19.1 Å². The van der Waals surface area contributed by atoms with Gasteiger partial charge in [0.05, 0.1) is 0 Å². The van der Waals surface area contributed by atoms with Gasteiger partial charge in [0.15, 0.2) is 0 Å². The van der Waals surface area contributed by atoms with Crippen LogP contribution < -0.4 is 9.64 Å². The molecule has 1 aliphatic rings. The van der Waals surface area contributed by atoms with Crippen molar-refractivity contribution in [2.75, 3.05) is 18.0 Å².